The molecule has 0 aliphatic heterocycles. The first-order chi connectivity index (χ1) is 12.0. The van der Waals surface area contributed by atoms with Crippen molar-refractivity contribution in [2.24, 2.45) is 0 Å². The maximum Gasteiger partial charge on any atom is 0.238 e. The number of hydrogen-bond acceptors (Lipinski definition) is 3. The number of hydrazine groups is 1. The van der Waals surface area contributed by atoms with Crippen LogP contribution in [-0.4, -0.2) is 16.9 Å². The molecule has 0 saturated carbocycles. The summed E-state index contributed by atoms with van der Waals surface area (Å²) >= 11 is 5.02. The molecule has 3 N–H and O–H groups in total. The summed E-state index contributed by atoms with van der Waals surface area (Å²) in [5.74, 6) is -0.426. The first-order valence-corrected chi connectivity index (χ1v) is 8.42. The first kappa shape index (κ1) is 18.6. The van der Waals surface area contributed by atoms with Crippen LogP contribution in [0.1, 0.15) is 23.1 Å². The van der Waals surface area contributed by atoms with E-state index >= 15 is 0 Å². The summed E-state index contributed by atoms with van der Waals surface area (Å²) in [6.07, 6.45) is 1.20. The minimum atomic E-state index is -0.231. The second kappa shape index (κ2) is 9.54. The van der Waals surface area contributed by atoms with Gasteiger partial charge in [-0.2, -0.15) is 0 Å². The molecule has 5 nitrogen and oxygen atoms in total. The highest BCUT2D eigenvalue weighted by Gasteiger charge is 2.08. The van der Waals surface area contributed by atoms with Crippen molar-refractivity contribution in [2.45, 2.75) is 26.2 Å². The van der Waals surface area contributed by atoms with Crippen LogP contribution in [0.4, 0.5) is 0 Å². The molecule has 0 aromatic heterocycles. The molecule has 0 atom stereocenters. The lowest BCUT2D eigenvalue weighted by Gasteiger charge is -2.11. The van der Waals surface area contributed by atoms with Crippen LogP contribution in [0.2, 0.25) is 0 Å². The van der Waals surface area contributed by atoms with Crippen molar-refractivity contribution in [2.75, 3.05) is 0 Å². The van der Waals surface area contributed by atoms with Gasteiger partial charge in [0.25, 0.3) is 0 Å². The van der Waals surface area contributed by atoms with Crippen molar-refractivity contribution >= 4 is 29.1 Å². The molecule has 25 heavy (non-hydrogen) atoms. The van der Waals surface area contributed by atoms with Crippen molar-refractivity contribution < 1.29 is 9.59 Å². The lowest BCUT2D eigenvalue weighted by atomic mass is 10.1. The largest absolute Gasteiger partial charge is 0.302 e. The van der Waals surface area contributed by atoms with E-state index in [1.165, 1.54) is 0 Å². The summed E-state index contributed by atoms with van der Waals surface area (Å²) in [5, 5.41) is 2.63. The first-order valence-electron chi connectivity index (χ1n) is 8.01. The summed E-state index contributed by atoms with van der Waals surface area (Å²) in [5.41, 5.74) is 8.11. The Morgan fingerprint density at radius 3 is 2.32 bits per heavy atom. The van der Waals surface area contributed by atoms with Gasteiger partial charge in [0.05, 0.1) is 6.42 Å². The fourth-order valence-corrected chi connectivity index (χ4v) is 2.44. The van der Waals surface area contributed by atoms with Crippen LogP contribution in [0, 0.1) is 6.92 Å². The van der Waals surface area contributed by atoms with Gasteiger partial charge in [-0.25, -0.2) is 0 Å². The van der Waals surface area contributed by atoms with Crippen LogP contribution in [0.3, 0.4) is 0 Å². The molecular weight excluding hydrogens is 334 g/mol. The molecule has 0 saturated heterocycles. The van der Waals surface area contributed by atoms with E-state index in [-0.39, 0.29) is 23.3 Å². The van der Waals surface area contributed by atoms with Crippen molar-refractivity contribution in [1.29, 1.82) is 0 Å². The van der Waals surface area contributed by atoms with Crippen LogP contribution >= 0.6 is 12.2 Å². The topological polar surface area (TPSA) is 70.2 Å². The number of aryl methyl sites for hydroxylation is 2. The molecule has 2 rings (SSSR count). The van der Waals surface area contributed by atoms with Crippen molar-refractivity contribution in [3.63, 3.8) is 0 Å². The Balaban J connectivity index is 1.68. The Kier molecular flexibility index (Phi) is 7.10. The van der Waals surface area contributed by atoms with E-state index in [0.29, 0.717) is 12.8 Å². The van der Waals surface area contributed by atoms with E-state index in [1.54, 1.807) is 0 Å². The Morgan fingerprint density at radius 1 is 0.920 bits per heavy atom. The number of carbonyl (C=O) groups is 2. The van der Waals surface area contributed by atoms with Gasteiger partial charge in [-0.1, -0.05) is 54.6 Å². The number of nitrogens with one attached hydrogen (secondary N) is 3. The number of hydrogen-bond donors (Lipinski definition) is 3. The maximum absolute atomic E-state index is 12.0. The zero-order valence-corrected chi connectivity index (χ0v) is 14.9. The summed E-state index contributed by atoms with van der Waals surface area (Å²) < 4.78 is 0. The van der Waals surface area contributed by atoms with E-state index in [2.05, 4.69) is 16.2 Å². The SMILES string of the molecule is Cc1ccccc1CC(=O)NC(=S)NNC(=O)CCc1ccccc1. The van der Waals surface area contributed by atoms with Crippen molar-refractivity contribution in [3.8, 4) is 0 Å². The van der Waals surface area contributed by atoms with E-state index in [0.717, 1.165) is 16.7 Å². The summed E-state index contributed by atoms with van der Waals surface area (Å²) in [6, 6.07) is 17.4. The molecule has 0 unspecified atom stereocenters. The van der Waals surface area contributed by atoms with Crippen LogP contribution in [0.5, 0.6) is 0 Å². The summed E-state index contributed by atoms with van der Waals surface area (Å²) in [7, 11) is 0. The van der Waals surface area contributed by atoms with Crippen molar-refractivity contribution in [1.82, 2.24) is 16.2 Å². The van der Waals surface area contributed by atoms with E-state index in [4.69, 9.17) is 12.2 Å². The van der Waals surface area contributed by atoms with Crippen LogP contribution < -0.4 is 16.2 Å². The van der Waals surface area contributed by atoms with Crippen molar-refractivity contribution in [3.05, 3.63) is 71.3 Å². The number of amides is 2. The molecule has 0 fully saturated rings. The van der Waals surface area contributed by atoms with Gasteiger partial charge in [0, 0.05) is 6.42 Å². The minimum absolute atomic E-state index is 0.0756. The molecule has 2 aromatic rings. The predicted octanol–water partition coefficient (Wildman–Crippen LogP) is 2.19. The van der Waals surface area contributed by atoms with Gasteiger partial charge < -0.3 is 5.32 Å². The average molecular weight is 355 g/mol. The highest BCUT2D eigenvalue weighted by Crippen LogP contribution is 2.07. The molecular formula is C19H21N3O2S. The predicted molar refractivity (Wildman–Crippen MR) is 102 cm³/mol. The van der Waals surface area contributed by atoms with Gasteiger partial charge in [-0.05, 0) is 42.3 Å². The fraction of sp³-hybridized carbons (Fsp3) is 0.211. The second-order valence-corrected chi connectivity index (χ2v) is 6.05. The highest BCUT2D eigenvalue weighted by molar-refractivity contribution is 7.80. The Bertz CT molecular complexity index is 747. The van der Waals surface area contributed by atoms with E-state index in [9.17, 15) is 9.59 Å². The van der Waals surface area contributed by atoms with E-state index < -0.39 is 0 Å². The molecule has 0 heterocycles. The lowest BCUT2D eigenvalue weighted by Crippen LogP contribution is -2.48. The third kappa shape index (κ3) is 6.73. The number of benzene rings is 2. The molecule has 130 valence electrons. The zero-order valence-electron chi connectivity index (χ0n) is 14.0. The molecule has 0 spiro atoms. The molecule has 2 aromatic carbocycles. The normalized spacial score (nSPS) is 9.96. The quantitative estimate of drug-likeness (QED) is 0.568. The second-order valence-electron chi connectivity index (χ2n) is 5.64. The van der Waals surface area contributed by atoms with Gasteiger partial charge in [0.2, 0.25) is 11.8 Å². The zero-order chi connectivity index (χ0) is 18.1. The summed E-state index contributed by atoms with van der Waals surface area (Å²) in [6.45, 7) is 1.95. The number of carbonyl (C=O) groups excluding carboxylic acids is 2. The van der Waals surface area contributed by atoms with Crippen LogP contribution in [0.15, 0.2) is 54.6 Å². The van der Waals surface area contributed by atoms with Crippen LogP contribution in [-0.2, 0) is 22.4 Å². The monoisotopic (exact) mass is 355 g/mol. The molecule has 0 aliphatic carbocycles. The van der Waals surface area contributed by atoms with Gasteiger partial charge in [0.15, 0.2) is 5.11 Å². The Hall–Kier alpha value is -2.73. The molecule has 0 aliphatic rings. The Labute approximate surface area is 152 Å². The Morgan fingerprint density at radius 2 is 1.60 bits per heavy atom. The van der Waals surface area contributed by atoms with Gasteiger partial charge in [-0.3, -0.25) is 20.4 Å². The smallest absolute Gasteiger partial charge is 0.238 e. The van der Waals surface area contributed by atoms with Gasteiger partial charge in [0.1, 0.15) is 0 Å². The standard InChI is InChI=1S/C19H21N3O2S/c1-14-7-5-6-10-16(14)13-18(24)20-19(25)22-21-17(23)12-11-15-8-3-2-4-9-15/h2-10H,11-13H2,1H3,(H,21,23)(H2,20,22,24,25). The lowest BCUT2D eigenvalue weighted by molar-refractivity contribution is -0.122. The third-order valence-corrected chi connectivity index (χ3v) is 3.87. The average Bonchev–Trinajstić information content (AvgIpc) is 2.61. The van der Waals surface area contributed by atoms with Gasteiger partial charge >= 0.3 is 0 Å². The molecule has 0 bridgehead atoms. The number of rotatable bonds is 5. The molecule has 6 heteroatoms. The number of thiocarbonyl (C=S) groups is 1. The third-order valence-electron chi connectivity index (χ3n) is 3.66. The minimum Gasteiger partial charge on any atom is -0.302 e. The summed E-state index contributed by atoms with van der Waals surface area (Å²) in [4.78, 5) is 23.8. The van der Waals surface area contributed by atoms with Crippen LogP contribution in [0.25, 0.3) is 0 Å². The fourth-order valence-electron chi connectivity index (χ4n) is 2.28. The van der Waals surface area contributed by atoms with E-state index in [1.807, 2.05) is 61.5 Å². The van der Waals surface area contributed by atoms with Gasteiger partial charge in [-0.15, -0.1) is 0 Å². The molecule has 2 amide bonds. The highest BCUT2D eigenvalue weighted by atomic mass is 32.1. The molecule has 0 radical (unpaired) electrons. The maximum atomic E-state index is 12.0.